The van der Waals surface area contributed by atoms with E-state index in [0.717, 1.165) is 28.5 Å². The van der Waals surface area contributed by atoms with Crippen LogP contribution in [0, 0.1) is 20.8 Å². The molecule has 1 fully saturated rings. The Labute approximate surface area is 237 Å². The highest BCUT2D eigenvalue weighted by Crippen LogP contribution is 2.40. The summed E-state index contributed by atoms with van der Waals surface area (Å²) in [6.07, 6.45) is -2.23. The Hall–Kier alpha value is -4.11. The standard InChI is InChI=1S/C31H30O8S/c1-18-5-11-22(12-6-18)28(33)36-17-25-26(38-29(34)23-13-7-19(2)8-14-23)27(31(40-25)37-21(4)32)39-30(35)24-15-9-20(3)10-16-24/h5-16,25-27,31H,17H2,1-4H3/t25-,26-,27-,31?/m1/s1. The average molecular weight is 563 g/mol. The number of rotatable bonds is 8. The Balaban J connectivity index is 1.59. The molecule has 1 unspecified atom stereocenters. The van der Waals surface area contributed by atoms with E-state index in [2.05, 4.69) is 0 Å². The predicted octanol–water partition coefficient (Wildman–Crippen LogP) is 5.22. The first-order valence-electron chi connectivity index (χ1n) is 12.7. The first-order chi connectivity index (χ1) is 19.1. The van der Waals surface area contributed by atoms with Crippen molar-refractivity contribution in [3.63, 3.8) is 0 Å². The minimum atomic E-state index is -1.15. The van der Waals surface area contributed by atoms with Crippen molar-refractivity contribution in [1.29, 1.82) is 0 Å². The zero-order valence-corrected chi connectivity index (χ0v) is 23.4. The van der Waals surface area contributed by atoms with Gasteiger partial charge in [-0.05, 0) is 57.2 Å². The molecule has 1 aliphatic rings. The molecule has 0 N–H and O–H groups in total. The van der Waals surface area contributed by atoms with E-state index in [1.54, 1.807) is 72.8 Å². The fraction of sp³-hybridized carbons (Fsp3) is 0.290. The highest BCUT2D eigenvalue weighted by molar-refractivity contribution is 8.00. The molecule has 1 aliphatic heterocycles. The molecule has 8 nitrogen and oxygen atoms in total. The zero-order valence-electron chi connectivity index (χ0n) is 22.6. The summed E-state index contributed by atoms with van der Waals surface area (Å²) in [6, 6.07) is 20.5. The van der Waals surface area contributed by atoms with E-state index in [-0.39, 0.29) is 12.2 Å². The van der Waals surface area contributed by atoms with E-state index < -0.39 is 46.8 Å². The van der Waals surface area contributed by atoms with Crippen molar-refractivity contribution >= 4 is 35.6 Å². The molecular formula is C31H30O8S. The summed E-state index contributed by atoms with van der Waals surface area (Å²) in [5.41, 5.74) is 2.88. The minimum absolute atomic E-state index is 0.181. The van der Waals surface area contributed by atoms with E-state index >= 15 is 0 Å². The smallest absolute Gasteiger partial charge is 0.338 e. The van der Waals surface area contributed by atoms with Crippen LogP contribution in [0.25, 0.3) is 0 Å². The van der Waals surface area contributed by atoms with Gasteiger partial charge in [0, 0.05) is 6.92 Å². The molecule has 0 aromatic heterocycles. The maximum Gasteiger partial charge on any atom is 0.338 e. The summed E-state index contributed by atoms with van der Waals surface area (Å²) < 4.78 is 22.7. The maximum atomic E-state index is 13.1. The predicted molar refractivity (Wildman–Crippen MR) is 149 cm³/mol. The molecule has 4 atom stereocenters. The van der Waals surface area contributed by atoms with Gasteiger partial charge in [0.2, 0.25) is 0 Å². The van der Waals surface area contributed by atoms with Crippen molar-refractivity contribution in [3.8, 4) is 0 Å². The number of esters is 4. The van der Waals surface area contributed by atoms with Gasteiger partial charge in [-0.2, -0.15) is 0 Å². The van der Waals surface area contributed by atoms with Gasteiger partial charge in [-0.1, -0.05) is 53.1 Å². The van der Waals surface area contributed by atoms with Gasteiger partial charge in [0.25, 0.3) is 0 Å². The molecule has 208 valence electrons. The van der Waals surface area contributed by atoms with Crippen LogP contribution in [0.15, 0.2) is 72.8 Å². The summed E-state index contributed by atoms with van der Waals surface area (Å²) in [4.78, 5) is 50.9. The van der Waals surface area contributed by atoms with E-state index in [4.69, 9.17) is 18.9 Å². The Morgan fingerprint density at radius 1 is 0.600 bits per heavy atom. The first kappa shape index (κ1) is 28.9. The third-order valence-corrected chi connectivity index (χ3v) is 7.66. The summed E-state index contributed by atoms with van der Waals surface area (Å²) in [5.74, 6) is -2.49. The number of thioether (sulfide) groups is 1. The number of hydrogen-bond donors (Lipinski definition) is 0. The molecule has 0 bridgehead atoms. The molecule has 9 heteroatoms. The van der Waals surface area contributed by atoms with E-state index in [9.17, 15) is 19.2 Å². The Kier molecular flexibility index (Phi) is 9.26. The second kappa shape index (κ2) is 12.8. The number of ether oxygens (including phenoxy) is 4. The van der Waals surface area contributed by atoms with Crippen LogP contribution >= 0.6 is 11.8 Å². The van der Waals surface area contributed by atoms with E-state index in [0.29, 0.717) is 11.1 Å². The van der Waals surface area contributed by atoms with Crippen LogP contribution < -0.4 is 0 Å². The fourth-order valence-electron chi connectivity index (χ4n) is 4.05. The average Bonchev–Trinajstić information content (AvgIpc) is 3.22. The highest BCUT2D eigenvalue weighted by Gasteiger charge is 2.51. The Bertz CT molecular complexity index is 1370. The molecule has 0 aliphatic carbocycles. The second-order valence-corrected chi connectivity index (χ2v) is 10.9. The van der Waals surface area contributed by atoms with Gasteiger partial charge >= 0.3 is 23.9 Å². The SMILES string of the molecule is CC(=O)OC1S[C@H](COC(=O)c2ccc(C)cc2)[C@@H](OC(=O)c2ccc(C)cc2)[C@H]1OC(=O)c1ccc(C)cc1. The van der Waals surface area contributed by atoms with Gasteiger partial charge in [0.05, 0.1) is 21.9 Å². The van der Waals surface area contributed by atoms with Crippen LogP contribution in [0.1, 0.15) is 54.7 Å². The summed E-state index contributed by atoms with van der Waals surface area (Å²) in [6.45, 7) is 6.75. The fourth-order valence-corrected chi connectivity index (χ4v) is 5.46. The number of benzene rings is 3. The number of hydrogen-bond acceptors (Lipinski definition) is 9. The van der Waals surface area contributed by atoms with Crippen LogP contribution in [-0.2, 0) is 23.7 Å². The van der Waals surface area contributed by atoms with Crippen LogP contribution in [0.3, 0.4) is 0 Å². The third kappa shape index (κ3) is 7.30. The van der Waals surface area contributed by atoms with Gasteiger partial charge in [-0.15, -0.1) is 11.8 Å². The van der Waals surface area contributed by atoms with Gasteiger partial charge in [0.15, 0.2) is 17.6 Å². The summed E-state index contributed by atoms with van der Waals surface area (Å²) >= 11 is 1.10. The lowest BCUT2D eigenvalue weighted by atomic mass is 10.1. The molecule has 0 saturated carbocycles. The lowest BCUT2D eigenvalue weighted by Crippen LogP contribution is -2.42. The van der Waals surface area contributed by atoms with Gasteiger partial charge in [-0.3, -0.25) is 4.79 Å². The molecule has 1 saturated heterocycles. The van der Waals surface area contributed by atoms with Gasteiger partial charge < -0.3 is 18.9 Å². The maximum absolute atomic E-state index is 13.1. The molecule has 0 amide bonds. The first-order valence-corrected chi connectivity index (χ1v) is 13.7. The van der Waals surface area contributed by atoms with Crippen molar-refractivity contribution in [2.45, 2.75) is 50.6 Å². The largest absolute Gasteiger partial charge is 0.461 e. The monoisotopic (exact) mass is 562 g/mol. The number of carbonyl (C=O) groups excluding carboxylic acids is 4. The van der Waals surface area contributed by atoms with Crippen molar-refractivity contribution < 1.29 is 38.1 Å². The third-order valence-electron chi connectivity index (χ3n) is 6.28. The molecule has 3 aromatic rings. The number of carbonyl (C=O) groups is 4. The van der Waals surface area contributed by atoms with Crippen LogP contribution in [0.5, 0.6) is 0 Å². The lowest BCUT2D eigenvalue weighted by Gasteiger charge is -2.25. The zero-order chi connectivity index (χ0) is 28.8. The lowest BCUT2D eigenvalue weighted by molar-refractivity contribution is -0.148. The molecular weight excluding hydrogens is 532 g/mol. The Morgan fingerprint density at radius 2 is 1.00 bits per heavy atom. The van der Waals surface area contributed by atoms with Gasteiger partial charge in [0.1, 0.15) is 6.61 Å². The van der Waals surface area contributed by atoms with Crippen LogP contribution in [-0.4, -0.2) is 53.4 Å². The normalized spacial score (nSPS) is 19.9. The van der Waals surface area contributed by atoms with Crippen molar-refractivity contribution in [2.24, 2.45) is 0 Å². The highest BCUT2D eigenvalue weighted by atomic mass is 32.2. The summed E-state index contributed by atoms with van der Waals surface area (Å²) in [5, 5.41) is -0.691. The molecule has 1 heterocycles. The van der Waals surface area contributed by atoms with Crippen LogP contribution in [0.4, 0.5) is 0 Å². The molecule has 0 radical (unpaired) electrons. The molecule has 4 rings (SSSR count). The molecule has 40 heavy (non-hydrogen) atoms. The van der Waals surface area contributed by atoms with Gasteiger partial charge in [-0.25, -0.2) is 14.4 Å². The van der Waals surface area contributed by atoms with Crippen molar-refractivity contribution in [1.82, 2.24) is 0 Å². The van der Waals surface area contributed by atoms with Crippen LogP contribution in [0.2, 0.25) is 0 Å². The quantitative estimate of drug-likeness (QED) is 0.270. The molecule has 3 aromatic carbocycles. The number of aryl methyl sites for hydroxylation is 3. The second-order valence-electron chi connectivity index (χ2n) is 9.59. The van der Waals surface area contributed by atoms with E-state index in [1.807, 2.05) is 20.8 Å². The topological polar surface area (TPSA) is 105 Å². The van der Waals surface area contributed by atoms with E-state index in [1.165, 1.54) is 6.92 Å². The van der Waals surface area contributed by atoms with Crippen molar-refractivity contribution in [2.75, 3.05) is 6.61 Å². The molecule has 0 spiro atoms. The van der Waals surface area contributed by atoms with Crippen molar-refractivity contribution in [3.05, 3.63) is 106 Å². The minimum Gasteiger partial charge on any atom is -0.461 e. The Morgan fingerprint density at radius 3 is 1.43 bits per heavy atom. The summed E-state index contributed by atoms with van der Waals surface area (Å²) in [7, 11) is 0.